The van der Waals surface area contributed by atoms with Crippen LogP contribution in [0.4, 0.5) is 17.6 Å². The fraction of sp³-hybridized carbons (Fsp3) is 0.129. The average molecular weight is 553 g/mol. The van der Waals surface area contributed by atoms with Gasteiger partial charge in [-0.3, -0.25) is 0 Å². The molecule has 0 aromatic heterocycles. The van der Waals surface area contributed by atoms with Gasteiger partial charge in [0.15, 0.2) is 6.61 Å². The van der Waals surface area contributed by atoms with Crippen molar-refractivity contribution >= 4 is 23.3 Å². The third kappa shape index (κ3) is 7.29. The van der Waals surface area contributed by atoms with Crippen LogP contribution in [0.1, 0.15) is 22.3 Å². The molecule has 0 atom stereocenters. The highest BCUT2D eigenvalue weighted by Gasteiger charge is 2.34. The molecule has 39 heavy (non-hydrogen) atoms. The molecule has 3 nitrogen and oxygen atoms in total. The standard InChI is InChI=1S/C31H24F4O3S/c1-20-17-25(12-14-29(20)38-19-30(36)37)39-16-15-26(22-7-10-24(32)11-8-22)23-9-13-27(21-5-3-2-4-6-21)28(18-23)31(33,34)35/h2-15,17-18H,16,19H2,1H3,(H,36,37)/b26-15+. The summed E-state index contributed by atoms with van der Waals surface area (Å²) in [5.41, 5.74) is 2.06. The largest absolute Gasteiger partial charge is 0.482 e. The lowest BCUT2D eigenvalue weighted by Crippen LogP contribution is -2.09. The molecule has 0 aliphatic rings. The number of hydrogen-bond donors (Lipinski definition) is 1. The van der Waals surface area contributed by atoms with Gasteiger partial charge in [0.1, 0.15) is 11.6 Å². The summed E-state index contributed by atoms with van der Waals surface area (Å²) in [7, 11) is 0. The maximum Gasteiger partial charge on any atom is 0.417 e. The number of benzene rings is 4. The Morgan fingerprint density at radius 2 is 1.62 bits per heavy atom. The molecule has 0 amide bonds. The van der Waals surface area contributed by atoms with E-state index >= 15 is 0 Å². The van der Waals surface area contributed by atoms with Crippen molar-refractivity contribution in [2.75, 3.05) is 12.4 Å². The summed E-state index contributed by atoms with van der Waals surface area (Å²) in [6, 6.07) is 23.6. The number of carbonyl (C=O) groups is 1. The molecule has 0 aliphatic heterocycles. The van der Waals surface area contributed by atoms with Crippen LogP contribution in [-0.4, -0.2) is 23.4 Å². The Bertz CT molecular complexity index is 1480. The van der Waals surface area contributed by atoms with E-state index in [-0.39, 0.29) is 5.56 Å². The number of alkyl halides is 3. The van der Waals surface area contributed by atoms with Gasteiger partial charge in [0.2, 0.25) is 0 Å². The first kappa shape index (κ1) is 28.0. The third-order valence-electron chi connectivity index (χ3n) is 5.91. The average Bonchev–Trinajstić information content (AvgIpc) is 2.91. The third-order valence-corrected chi connectivity index (χ3v) is 6.83. The molecule has 0 heterocycles. The van der Waals surface area contributed by atoms with E-state index in [1.807, 2.05) is 12.1 Å². The zero-order valence-electron chi connectivity index (χ0n) is 20.8. The normalized spacial score (nSPS) is 11.9. The van der Waals surface area contributed by atoms with E-state index in [0.717, 1.165) is 16.5 Å². The molecule has 4 aromatic rings. The summed E-state index contributed by atoms with van der Waals surface area (Å²) >= 11 is 1.45. The number of aliphatic carboxylic acids is 1. The lowest BCUT2D eigenvalue weighted by molar-refractivity contribution is -0.139. The number of rotatable bonds is 9. The molecule has 0 radical (unpaired) electrons. The van der Waals surface area contributed by atoms with E-state index in [9.17, 15) is 22.4 Å². The number of hydrogen-bond acceptors (Lipinski definition) is 3. The molecule has 0 unspecified atom stereocenters. The number of thioether (sulfide) groups is 1. The zero-order chi connectivity index (χ0) is 28.0. The van der Waals surface area contributed by atoms with Gasteiger partial charge >= 0.3 is 12.1 Å². The van der Waals surface area contributed by atoms with E-state index in [0.29, 0.717) is 33.8 Å². The highest BCUT2D eigenvalue weighted by atomic mass is 32.2. The van der Waals surface area contributed by atoms with Crippen LogP contribution in [0.25, 0.3) is 16.7 Å². The molecule has 4 rings (SSSR count). The summed E-state index contributed by atoms with van der Waals surface area (Å²) in [5, 5.41) is 8.81. The first-order valence-electron chi connectivity index (χ1n) is 11.9. The fourth-order valence-electron chi connectivity index (χ4n) is 4.08. The predicted octanol–water partition coefficient (Wildman–Crippen LogP) is 8.51. The second-order valence-corrected chi connectivity index (χ2v) is 9.76. The molecule has 0 saturated carbocycles. The summed E-state index contributed by atoms with van der Waals surface area (Å²) in [6.45, 7) is 1.36. The molecule has 1 N–H and O–H groups in total. The minimum Gasteiger partial charge on any atom is -0.482 e. The van der Waals surface area contributed by atoms with E-state index in [1.165, 1.54) is 30.0 Å². The molecule has 0 fully saturated rings. The van der Waals surface area contributed by atoms with Crippen molar-refractivity contribution in [2.45, 2.75) is 18.0 Å². The number of carboxylic acids is 1. The highest BCUT2D eigenvalue weighted by molar-refractivity contribution is 7.99. The Labute approximate surface area is 227 Å². The van der Waals surface area contributed by atoms with Crippen LogP contribution in [0.15, 0.2) is 102 Å². The molecule has 0 spiro atoms. The van der Waals surface area contributed by atoms with Gasteiger partial charge in [-0.25, -0.2) is 9.18 Å². The Balaban J connectivity index is 1.67. The van der Waals surface area contributed by atoms with Gasteiger partial charge in [0.25, 0.3) is 0 Å². The zero-order valence-corrected chi connectivity index (χ0v) is 21.7. The number of halogens is 4. The second kappa shape index (κ2) is 12.2. The summed E-state index contributed by atoms with van der Waals surface area (Å²) in [5.74, 6) is -0.633. The van der Waals surface area contributed by atoms with Crippen molar-refractivity contribution < 1.29 is 32.2 Å². The van der Waals surface area contributed by atoms with Gasteiger partial charge in [0.05, 0.1) is 5.56 Å². The molecule has 0 aliphatic carbocycles. The van der Waals surface area contributed by atoms with E-state index in [2.05, 4.69) is 0 Å². The first-order valence-corrected chi connectivity index (χ1v) is 12.9. The predicted molar refractivity (Wildman–Crippen MR) is 145 cm³/mol. The van der Waals surface area contributed by atoms with E-state index in [4.69, 9.17) is 9.84 Å². The van der Waals surface area contributed by atoms with Crippen molar-refractivity contribution in [2.24, 2.45) is 0 Å². The fourth-order valence-corrected chi connectivity index (χ4v) is 4.95. The van der Waals surface area contributed by atoms with E-state index in [1.54, 1.807) is 67.6 Å². The molecular weight excluding hydrogens is 528 g/mol. The topological polar surface area (TPSA) is 46.5 Å². The molecule has 0 saturated heterocycles. The van der Waals surface area contributed by atoms with Crippen LogP contribution in [0.3, 0.4) is 0 Å². The number of carboxylic acid groups (broad SMARTS) is 1. The SMILES string of the molecule is Cc1cc(SC/C=C(\c2ccc(F)cc2)c2ccc(-c3ccccc3)c(C(F)(F)F)c2)ccc1OCC(=O)O. The van der Waals surface area contributed by atoms with Gasteiger partial charge < -0.3 is 9.84 Å². The smallest absolute Gasteiger partial charge is 0.417 e. The van der Waals surface area contributed by atoms with Gasteiger partial charge in [-0.1, -0.05) is 60.7 Å². The minimum absolute atomic E-state index is 0.0837. The van der Waals surface area contributed by atoms with Crippen molar-refractivity contribution in [1.29, 1.82) is 0 Å². The first-order chi connectivity index (χ1) is 18.6. The van der Waals surface area contributed by atoms with Crippen molar-refractivity contribution in [3.8, 4) is 16.9 Å². The van der Waals surface area contributed by atoms with Crippen LogP contribution in [0.5, 0.6) is 5.75 Å². The maximum absolute atomic E-state index is 14.2. The van der Waals surface area contributed by atoms with Crippen LogP contribution in [-0.2, 0) is 11.0 Å². The van der Waals surface area contributed by atoms with Crippen LogP contribution >= 0.6 is 11.8 Å². The van der Waals surface area contributed by atoms with Crippen molar-refractivity contribution in [3.63, 3.8) is 0 Å². The number of aryl methyl sites for hydroxylation is 1. The Hall–Kier alpha value is -4.04. The summed E-state index contributed by atoms with van der Waals surface area (Å²) < 4.78 is 61.4. The van der Waals surface area contributed by atoms with Gasteiger partial charge in [-0.05, 0) is 76.7 Å². The van der Waals surface area contributed by atoms with Gasteiger partial charge in [-0.15, -0.1) is 11.8 Å². The molecular formula is C31H24F4O3S. The lowest BCUT2D eigenvalue weighted by atomic mass is 9.91. The van der Waals surface area contributed by atoms with Gasteiger partial charge in [-0.2, -0.15) is 13.2 Å². The Morgan fingerprint density at radius 1 is 0.923 bits per heavy atom. The lowest BCUT2D eigenvalue weighted by Gasteiger charge is -2.17. The van der Waals surface area contributed by atoms with Gasteiger partial charge in [0, 0.05) is 10.6 Å². The summed E-state index contributed by atoms with van der Waals surface area (Å²) in [6.07, 6.45) is -2.76. The van der Waals surface area contributed by atoms with Crippen LogP contribution < -0.4 is 4.74 Å². The van der Waals surface area contributed by atoms with Crippen molar-refractivity contribution in [1.82, 2.24) is 0 Å². The minimum atomic E-state index is -4.58. The number of ether oxygens (including phenoxy) is 1. The van der Waals surface area contributed by atoms with Crippen LogP contribution in [0, 0.1) is 12.7 Å². The summed E-state index contributed by atoms with van der Waals surface area (Å²) in [4.78, 5) is 11.6. The highest BCUT2D eigenvalue weighted by Crippen LogP contribution is 2.39. The Morgan fingerprint density at radius 3 is 2.26 bits per heavy atom. The van der Waals surface area contributed by atoms with E-state index < -0.39 is 30.1 Å². The molecule has 8 heteroatoms. The maximum atomic E-state index is 14.2. The molecule has 0 bridgehead atoms. The second-order valence-electron chi connectivity index (χ2n) is 8.67. The quantitative estimate of drug-likeness (QED) is 0.167. The molecule has 200 valence electrons. The van der Waals surface area contributed by atoms with Crippen LogP contribution in [0.2, 0.25) is 0 Å². The van der Waals surface area contributed by atoms with Crippen molar-refractivity contribution in [3.05, 3.63) is 125 Å². The monoisotopic (exact) mass is 552 g/mol. The molecule has 4 aromatic carbocycles. The Kier molecular flexibility index (Phi) is 8.76.